The molecule has 3 rings (SSSR count). The molecule has 1 aliphatic heterocycles. The molecule has 2 amide bonds. The van der Waals surface area contributed by atoms with E-state index in [0.29, 0.717) is 37.9 Å². The Kier molecular flexibility index (Phi) is 6.87. The van der Waals surface area contributed by atoms with E-state index in [4.69, 9.17) is 4.52 Å². The van der Waals surface area contributed by atoms with Crippen LogP contribution in [0.25, 0.3) is 11.4 Å². The summed E-state index contributed by atoms with van der Waals surface area (Å²) < 4.78 is 5.52. The molecule has 0 aliphatic carbocycles. The van der Waals surface area contributed by atoms with Gasteiger partial charge in [-0.05, 0) is 19.8 Å². The van der Waals surface area contributed by atoms with Crippen LogP contribution in [0.1, 0.15) is 45.2 Å². The first-order valence-electron chi connectivity index (χ1n) is 10.5. The van der Waals surface area contributed by atoms with E-state index in [2.05, 4.69) is 20.4 Å². The number of nitrogens with zero attached hydrogens (tertiary/aromatic N) is 4. The predicted molar refractivity (Wildman–Crippen MR) is 113 cm³/mol. The topological polar surface area (TPSA) is 91.6 Å². The lowest BCUT2D eigenvalue weighted by Crippen LogP contribution is -2.56. The molecule has 1 aliphatic rings. The van der Waals surface area contributed by atoms with Gasteiger partial charge >= 0.3 is 0 Å². The maximum absolute atomic E-state index is 12.9. The number of piperazine rings is 1. The molecule has 8 nitrogen and oxygen atoms in total. The van der Waals surface area contributed by atoms with Gasteiger partial charge in [0.15, 0.2) is 0 Å². The highest BCUT2D eigenvalue weighted by molar-refractivity contribution is 5.87. The van der Waals surface area contributed by atoms with Crippen molar-refractivity contribution in [2.24, 2.45) is 5.92 Å². The Morgan fingerprint density at radius 3 is 2.27 bits per heavy atom. The number of benzene rings is 1. The Balaban J connectivity index is 1.60. The lowest BCUT2D eigenvalue weighted by atomic mass is 10.0. The quantitative estimate of drug-likeness (QED) is 0.782. The molecule has 162 valence electrons. The molecule has 1 N–H and O–H groups in total. The minimum atomic E-state index is -0.487. The summed E-state index contributed by atoms with van der Waals surface area (Å²) in [7, 11) is 0. The van der Waals surface area contributed by atoms with E-state index >= 15 is 0 Å². The van der Waals surface area contributed by atoms with Crippen molar-refractivity contribution in [2.75, 3.05) is 26.2 Å². The Hall–Kier alpha value is -2.74. The second-order valence-electron chi connectivity index (χ2n) is 8.28. The lowest BCUT2D eigenvalue weighted by molar-refractivity contribution is -0.139. The number of amides is 2. The van der Waals surface area contributed by atoms with Crippen molar-refractivity contribution in [3.63, 3.8) is 0 Å². The predicted octanol–water partition coefficient (Wildman–Crippen LogP) is 2.41. The van der Waals surface area contributed by atoms with Gasteiger partial charge in [0.25, 0.3) is 0 Å². The molecule has 30 heavy (non-hydrogen) atoms. The fourth-order valence-electron chi connectivity index (χ4n) is 3.64. The summed E-state index contributed by atoms with van der Waals surface area (Å²) in [5.41, 5.74) is 2.11. The molecule has 0 bridgehead atoms. The SMILES string of the molecule is CC(=O)NC(C(=O)N1CCN(C(C)c2nc(-c3ccc(C)cc3)no2)CC1)C(C)C. The molecule has 1 aromatic heterocycles. The van der Waals surface area contributed by atoms with Gasteiger partial charge in [0, 0.05) is 38.7 Å². The number of hydrogen-bond donors (Lipinski definition) is 1. The number of rotatable bonds is 6. The number of carbonyl (C=O) groups excluding carboxylic acids is 2. The molecule has 0 saturated carbocycles. The average molecular weight is 414 g/mol. The van der Waals surface area contributed by atoms with Gasteiger partial charge in [-0.15, -0.1) is 0 Å². The summed E-state index contributed by atoms with van der Waals surface area (Å²) in [5, 5.41) is 6.91. The van der Waals surface area contributed by atoms with Crippen molar-refractivity contribution in [3.8, 4) is 11.4 Å². The summed E-state index contributed by atoms with van der Waals surface area (Å²) in [4.78, 5) is 32.9. The van der Waals surface area contributed by atoms with Gasteiger partial charge in [0.1, 0.15) is 6.04 Å². The van der Waals surface area contributed by atoms with Crippen LogP contribution in [0, 0.1) is 12.8 Å². The zero-order valence-electron chi connectivity index (χ0n) is 18.4. The van der Waals surface area contributed by atoms with Crippen molar-refractivity contribution < 1.29 is 14.1 Å². The Bertz CT molecular complexity index is 869. The Labute approximate surface area is 177 Å². The highest BCUT2D eigenvalue weighted by Crippen LogP contribution is 2.24. The molecule has 2 unspecified atom stereocenters. The van der Waals surface area contributed by atoms with Gasteiger partial charge in [-0.3, -0.25) is 14.5 Å². The number of hydrogen-bond acceptors (Lipinski definition) is 6. The molecule has 0 radical (unpaired) electrons. The Morgan fingerprint density at radius 2 is 1.70 bits per heavy atom. The van der Waals surface area contributed by atoms with Crippen molar-refractivity contribution in [3.05, 3.63) is 35.7 Å². The lowest BCUT2D eigenvalue weighted by Gasteiger charge is -2.38. The zero-order valence-corrected chi connectivity index (χ0v) is 18.4. The standard InChI is InChI=1S/C22H31N5O3/c1-14(2)19(23-17(5)28)22(29)27-12-10-26(11-13-27)16(4)21-24-20(25-30-21)18-8-6-15(3)7-9-18/h6-9,14,16,19H,10-13H2,1-5H3,(H,23,28). The molecule has 1 aromatic carbocycles. The van der Waals surface area contributed by atoms with E-state index in [-0.39, 0.29) is 23.8 Å². The van der Waals surface area contributed by atoms with Crippen LogP contribution >= 0.6 is 0 Å². The molecular weight excluding hydrogens is 382 g/mol. The van der Waals surface area contributed by atoms with E-state index < -0.39 is 6.04 Å². The van der Waals surface area contributed by atoms with Gasteiger partial charge in [0.05, 0.1) is 6.04 Å². The third-order valence-electron chi connectivity index (χ3n) is 5.57. The third-order valence-corrected chi connectivity index (χ3v) is 5.57. The zero-order chi connectivity index (χ0) is 21.8. The Morgan fingerprint density at radius 1 is 1.07 bits per heavy atom. The number of aryl methyl sites for hydroxylation is 1. The van der Waals surface area contributed by atoms with Crippen LogP contribution in [0.4, 0.5) is 0 Å². The first kappa shape index (κ1) is 22.0. The number of nitrogens with one attached hydrogen (secondary N) is 1. The molecule has 1 fully saturated rings. The minimum absolute atomic E-state index is 0.0213. The van der Waals surface area contributed by atoms with Crippen LogP contribution in [0.5, 0.6) is 0 Å². The van der Waals surface area contributed by atoms with E-state index in [1.54, 1.807) is 0 Å². The summed E-state index contributed by atoms with van der Waals surface area (Å²) in [6.45, 7) is 12.0. The van der Waals surface area contributed by atoms with Gasteiger partial charge in [-0.1, -0.05) is 48.8 Å². The first-order valence-corrected chi connectivity index (χ1v) is 10.5. The molecule has 2 aromatic rings. The van der Waals surface area contributed by atoms with Crippen LogP contribution in [0.3, 0.4) is 0 Å². The molecule has 2 heterocycles. The van der Waals surface area contributed by atoms with Crippen LogP contribution in [0.2, 0.25) is 0 Å². The molecule has 0 spiro atoms. The highest BCUT2D eigenvalue weighted by atomic mass is 16.5. The van der Waals surface area contributed by atoms with Crippen LogP contribution in [0.15, 0.2) is 28.8 Å². The van der Waals surface area contributed by atoms with E-state index in [9.17, 15) is 9.59 Å². The normalized spacial score (nSPS) is 17.1. The fraction of sp³-hybridized carbons (Fsp3) is 0.545. The van der Waals surface area contributed by atoms with Crippen molar-refractivity contribution in [1.82, 2.24) is 25.3 Å². The summed E-state index contributed by atoms with van der Waals surface area (Å²) >= 11 is 0. The second kappa shape index (κ2) is 9.38. The fourth-order valence-corrected chi connectivity index (χ4v) is 3.64. The smallest absolute Gasteiger partial charge is 0.245 e. The molecular formula is C22H31N5O3. The van der Waals surface area contributed by atoms with Gasteiger partial charge in [-0.2, -0.15) is 4.98 Å². The van der Waals surface area contributed by atoms with E-state index in [1.165, 1.54) is 12.5 Å². The van der Waals surface area contributed by atoms with E-state index in [1.807, 2.05) is 56.9 Å². The maximum atomic E-state index is 12.9. The highest BCUT2D eigenvalue weighted by Gasteiger charge is 2.32. The van der Waals surface area contributed by atoms with E-state index in [0.717, 1.165) is 5.56 Å². The summed E-state index contributed by atoms with van der Waals surface area (Å²) in [5.74, 6) is 0.989. The van der Waals surface area contributed by atoms with Crippen molar-refractivity contribution in [2.45, 2.75) is 46.7 Å². The second-order valence-corrected chi connectivity index (χ2v) is 8.28. The van der Waals surface area contributed by atoms with Gasteiger partial charge < -0.3 is 14.7 Å². The monoisotopic (exact) mass is 413 g/mol. The van der Waals surface area contributed by atoms with Crippen molar-refractivity contribution in [1.29, 1.82) is 0 Å². The van der Waals surface area contributed by atoms with Crippen LogP contribution in [-0.2, 0) is 9.59 Å². The maximum Gasteiger partial charge on any atom is 0.245 e. The summed E-state index contributed by atoms with van der Waals surface area (Å²) in [6.07, 6.45) is 0. The third kappa shape index (κ3) is 5.05. The first-order chi connectivity index (χ1) is 14.3. The summed E-state index contributed by atoms with van der Waals surface area (Å²) in [6, 6.07) is 7.50. The number of carbonyl (C=O) groups is 2. The average Bonchev–Trinajstić information content (AvgIpc) is 3.21. The van der Waals surface area contributed by atoms with Gasteiger partial charge in [-0.25, -0.2) is 0 Å². The van der Waals surface area contributed by atoms with Crippen LogP contribution in [-0.4, -0.2) is 64.0 Å². The van der Waals surface area contributed by atoms with Gasteiger partial charge in [0.2, 0.25) is 23.5 Å². The van der Waals surface area contributed by atoms with Crippen LogP contribution < -0.4 is 5.32 Å². The molecule has 8 heteroatoms. The largest absolute Gasteiger partial charge is 0.344 e. The van der Waals surface area contributed by atoms with Crippen molar-refractivity contribution >= 4 is 11.8 Å². The molecule has 1 saturated heterocycles. The number of aromatic nitrogens is 2. The minimum Gasteiger partial charge on any atom is -0.344 e. The molecule has 2 atom stereocenters.